The minimum Gasteiger partial charge on any atom is -0.497 e. The average Bonchev–Trinajstić information content (AvgIpc) is 2.77. The highest BCUT2D eigenvalue weighted by Gasteiger charge is 2.20. The molecule has 2 rings (SSSR count). The molecule has 0 aromatic heterocycles. The van der Waals surface area contributed by atoms with E-state index in [1.165, 1.54) is 18.7 Å². The molecule has 1 aliphatic heterocycles. The molecule has 18 heavy (non-hydrogen) atoms. The Morgan fingerprint density at radius 3 is 2.44 bits per heavy atom. The van der Waals surface area contributed by atoms with Crippen LogP contribution in [0.4, 0.5) is 4.79 Å². The topological polar surface area (TPSA) is 46.6 Å². The van der Waals surface area contributed by atoms with Gasteiger partial charge in [0, 0.05) is 18.8 Å². The fraction of sp³-hybridized carbons (Fsp3) is 0.385. The van der Waals surface area contributed by atoms with Crippen molar-refractivity contribution in [2.75, 3.05) is 19.4 Å². The van der Waals surface area contributed by atoms with E-state index in [0.29, 0.717) is 6.54 Å². The number of hydrogen-bond donors (Lipinski definition) is 0. The van der Waals surface area contributed by atoms with Crippen LogP contribution in [0.3, 0.4) is 0 Å². The van der Waals surface area contributed by atoms with E-state index in [0.717, 1.165) is 29.9 Å². The highest BCUT2D eigenvalue weighted by molar-refractivity contribution is 8.13. The zero-order chi connectivity index (χ0) is 13.4. The lowest BCUT2D eigenvalue weighted by molar-refractivity contribution is -0.106. The molecular formula is C13H17NO3S. The number of hydrogen-bond acceptors (Lipinski definition) is 4. The maximum atomic E-state index is 11.4. The Hall–Kier alpha value is -1.49. The number of methoxy groups -OCH3 is 1. The number of amides is 1. The molecule has 1 saturated heterocycles. The molecule has 0 spiro atoms. The van der Waals surface area contributed by atoms with Crippen LogP contribution in [-0.4, -0.2) is 35.8 Å². The molecule has 5 heteroatoms. The van der Waals surface area contributed by atoms with Gasteiger partial charge in [0.1, 0.15) is 12.0 Å². The van der Waals surface area contributed by atoms with Gasteiger partial charge in [0.25, 0.3) is 5.24 Å². The number of benzene rings is 1. The first-order chi connectivity index (χ1) is 8.71. The molecule has 98 valence electrons. The van der Waals surface area contributed by atoms with E-state index in [9.17, 15) is 4.79 Å². The second-order valence-corrected chi connectivity index (χ2v) is 4.67. The summed E-state index contributed by atoms with van der Waals surface area (Å²) >= 11 is 1.39. The third kappa shape index (κ3) is 4.41. The minimum atomic E-state index is 0.186. The van der Waals surface area contributed by atoms with Gasteiger partial charge in [-0.05, 0) is 24.6 Å². The van der Waals surface area contributed by atoms with Crippen molar-refractivity contribution < 1.29 is 14.3 Å². The number of rotatable bonds is 3. The van der Waals surface area contributed by atoms with Gasteiger partial charge in [-0.3, -0.25) is 4.79 Å². The highest BCUT2D eigenvalue weighted by atomic mass is 32.2. The first kappa shape index (κ1) is 14.6. The lowest BCUT2D eigenvalue weighted by atomic mass is 10.2. The van der Waals surface area contributed by atoms with Gasteiger partial charge >= 0.3 is 0 Å². The maximum absolute atomic E-state index is 11.4. The van der Waals surface area contributed by atoms with Crippen molar-refractivity contribution in [3.05, 3.63) is 29.8 Å². The van der Waals surface area contributed by atoms with Crippen LogP contribution in [0.25, 0.3) is 0 Å². The van der Waals surface area contributed by atoms with Crippen LogP contribution in [0.1, 0.15) is 12.5 Å². The first-order valence-electron chi connectivity index (χ1n) is 5.65. The Labute approximate surface area is 111 Å². The summed E-state index contributed by atoms with van der Waals surface area (Å²) in [4.78, 5) is 22.0. The summed E-state index contributed by atoms with van der Waals surface area (Å²) in [5.41, 5.74) is 1.15. The van der Waals surface area contributed by atoms with Gasteiger partial charge in [-0.1, -0.05) is 23.9 Å². The Balaban J connectivity index is 0.000000492. The van der Waals surface area contributed by atoms with Crippen molar-refractivity contribution in [2.24, 2.45) is 0 Å². The predicted molar refractivity (Wildman–Crippen MR) is 73.0 cm³/mol. The number of carbonyl (C=O) groups is 2. The van der Waals surface area contributed by atoms with Crippen LogP contribution < -0.4 is 4.74 Å². The standard InChI is InChI=1S/C11H13NO2S.C2H4O/c1-14-10-4-2-9(3-5-10)8-12-6-7-15-11(12)13;1-2-3/h2-5H,6-8H2,1H3;2H,1H3. The molecule has 1 aliphatic rings. The second-order valence-electron chi connectivity index (χ2n) is 3.62. The van der Waals surface area contributed by atoms with E-state index >= 15 is 0 Å². The molecule has 1 aromatic carbocycles. The second kappa shape index (κ2) is 7.76. The zero-order valence-corrected chi connectivity index (χ0v) is 11.4. The molecule has 0 N–H and O–H groups in total. The predicted octanol–water partition coefficient (Wildman–Crippen LogP) is 2.57. The lowest BCUT2D eigenvalue weighted by Gasteiger charge is -2.14. The van der Waals surface area contributed by atoms with Crippen LogP contribution >= 0.6 is 11.8 Å². The molecule has 0 bridgehead atoms. The van der Waals surface area contributed by atoms with Crippen LogP contribution in [0.2, 0.25) is 0 Å². The van der Waals surface area contributed by atoms with E-state index < -0.39 is 0 Å². The summed E-state index contributed by atoms with van der Waals surface area (Å²) in [6, 6.07) is 7.83. The molecule has 1 heterocycles. The summed E-state index contributed by atoms with van der Waals surface area (Å²) in [6.45, 7) is 3.01. The van der Waals surface area contributed by atoms with Crippen molar-refractivity contribution in [1.82, 2.24) is 4.90 Å². The molecule has 1 fully saturated rings. The van der Waals surface area contributed by atoms with Gasteiger partial charge in [-0.25, -0.2) is 0 Å². The summed E-state index contributed by atoms with van der Waals surface area (Å²) in [5, 5.41) is 0.186. The summed E-state index contributed by atoms with van der Waals surface area (Å²) < 4.78 is 5.08. The van der Waals surface area contributed by atoms with Crippen molar-refractivity contribution in [2.45, 2.75) is 13.5 Å². The number of thioether (sulfide) groups is 1. The SMILES string of the molecule is CC=O.COc1ccc(CN2CCSC2=O)cc1. The Bertz CT molecular complexity index is 392. The van der Waals surface area contributed by atoms with E-state index in [-0.39, 0.29) is 5.24 Å². The minimum absolute atomic E-state index is 0.186. The molecule has 1 amide bonds. The molecule has 0 atom stereocenters. The van der Waals surface area contributed by atoms with Gasteiger partial charge < -0.3 is 14.4 Å². The van der Waals surface area contributed by atoms with Crippen molar-refractivity contribution in [3.63, 3.8) is 0 Å². The molecule has 0 saturated carbocycles. The number of ether oxygens (including phenoxy) is 1. The van der Waals surface area contributed by atoms with Crippen LogP contribution in [-0.2, 0) is 11.3 Å². The number of aldehydes is 1. The third-order valence-corrected chi connectivity index (χ3v) is 3.27. The Morgan fingerprint density at radius 2 is 2.00 bits per heavy atom. The smallest absolute Gasteiger partial charge is 0.282 e. The van der Waals surface area contributed by atoms with Crippen LogP contribution in [0.5, 0.6) is 5.75 Å². The van der Waals surface area contributed by atoms with Gasteiger partial charge in [-0.2, -0.15) is 0 Å². The molecule has 0 aliphatic carbocycles. The molecule has 4 nitrogen and oxygen atoms in total. The average molecular weight is 267 g/mol. The molecular weight excluding hydrogens is 250 g/mol. The van der Waals surface area contributed by atoms with Crippen molar-refractivity contribution in [1.29, 1.82) is 0 Å². The Morgan fingerprint density at radius 1 is 1.39 bits per heavy atom. The summed E-state index contributed by atoms with van der Waals surface area (Å²) in [7, 11) is 1.65. The summed E-state index contributed by atoms with van der Waals surface area (Å²) in [5.74, 6) is 1.76. The highest BCUT2D eigenvalue weighted by Crippen LogP contribution is 2.20. The zero-order valence-electron chi connectivity index (χ0n) is 10.6. The molecule has 0 radical (unpaired) electrons. The van der Waals surface area contributed by atoms with E-state index in [1.54, 1.807) is 7.11 Å². The van der Waals surface area contributed by atoms with E-state index in [4.69, 9.17) is 9.53 Å². The quantitative estimate of drug-likeness (QED) is 0.790. The van der Waals surface area contributed by atoms with E-state index in [1.807, 2.05) is 29.2 Å². The fourth-order valence-electron chi connectivity index (χ4n) is 1.52. The van der Waals surface area contributed by atoms with Crippen LogP contribution in [0.15, 0.2) is 24.3 Å². The fourth-order valence-corrected chi connectivity index (χ4v) is 2.35. The first-order valence-corrected chi connectivity index (χ1v) is 6.64. The summed E-state index contributed by atoms with van der Waals surface area (Å²) in [6.07, 6.45) is 0.750. The van der Waals surface area contributed by atoms with Gasteiger partial charge in [-0.15, -0.1) is 0 Å². The van der Waals surface area contributed by atoms with Crippen molar-refractivity contribution >= 4 is 23.3 Å². The monoisotopic (exact) mass is 267 g/mol. The normalized spacial score (nSPS) is 13.9. The van der Waals surface area contributed by atoms with Crippen molar-refractivity contribution in [3.8, 4) is 5.75 Å². The van der Waals surface area contributed by atoms with Gasteiger partial charge in [0.05, 0.1) is 7.11 Å². The van der Waals surface area contributed by atoms with Gasteiger partial charge in [0.2, 0.25) is 0 Å². The van der Waals surface area contributed by atoms with Gasteiger partial charge in [0.15, 0.2) is 0 Å². The molecule has 0 unspecified atom stereocenters. The maximum Gasteiger partial charge on any atom is 0.282 e. The molecule has 1 aromatic rings. The number of nitrogens with zero attached hydrogens (tertiary/aromatic N) is 1. The van der Waals surface area contributed by atoms with E-state index in [2.05, 4.69) is 0 Å². The Kier molecular flexibility index (Phi) is 6.28. The lowest BCUT2D eigenvalue weighted by Crippen LogP contribution is -2.22. The number of carbonyl (C=O) groups excluding carboxylic acids is 2. The van der Waals surface area contributed by atoms with Crippen LogP contribution in [0, 0.1) is 0 Å². The third-order valence-electron chi connectivity index (χ3n) is 2.38. The largest absolute Gasteiger partial charge is 0.497 e.